The standard InChI is InChI=1S/C19H23N3O3/c1-13-9-14(2)20-18(10-13)21-19(23)22-7-8-25-17(12-22)15-5-4-6-16(11-15)24-3/h4-6,9-11,17H,7-8,12H2,1-3H3,(H,20,21,23)/t17-/m0/s1. The SMILES string of the molecule is COc1cccc([C@@H]2CN(C(=O)Nc3cc(C)cc(C)n3)CCO2)c1. The second-order valence-corrected chi connectivity index (χ2v) is 6.18. The Morgan fingerprint density at radius 2 is 2.16 bits per heavy atom. The molecule has 1 N–H and O–H groups in total. The van der Waals surface area contributed by atoms with Crippen LogP contribution in [0.1, 0.15) is 22.9 Å². The maximum absolute atomic E-state index is 12.6. The molecule has 2 heterocycles. The van der Waals surface area contributed by atoms with Gasteiger partial charge in [-0.25, -0.2) is 9.78 Å². The molecule has 6 heteroatoms. The average Bonchev–Trinajstić information content (AvgIpc) is 2.61. The van der Waals surface area contributed by atoms with Crippen molar-refractivity contribution < 1.29 is 14.3 Å². The number of pyridine rings is 1. The second kappa shape index (κ2) is 7.53. The minimum atomic E-state index is -0.165. The molecule has 0 bridgehead atoms. The summed E-state index contributed by atoms with van der Waals surface area (Å²) in [4.78, 5) is 18.7. The Balaban J connectivity index is 1.68. The van der Waals surface area contributed by atoms with Gasteiger partial charge in [-0.05, 0) is 49.2 Å². The van der Waals surface area contributed by atoms with Crippen LogP contribution >= 0.6 is 0 Å². The minimum absolute atomic E-state index is 0.159. The van der Waals surface area contributed by atoms with Gasteiger partial charge >= 0.3 is 6.03 Å². The summed E-state index contributed by atoms with van der Waals surface area (Å²) in [6, 6.07) is 11.4. The van der Waals surface area contributed by atoms with E-state index in [0.717, 1.165) is 22.6 Å². The van der Waals surface area contributed by atoms with E-state index < -0.39 is 0 Å². The van der Waals surface area contributed by atoms with Crippen molar-refractivity contribution in [1.82, 2.24) is 9.88 Å². The number of hydrogen-bond acceptors (Lipinski definition) is 4. The molecule has 0 saturated carbocycles. The molecule has 1 saturated heterocycles. The first-order valence-electron chi connectivity index (χ1n) is 8.32. The molecule has 6 nitrogen and oxygen atoms in total. The summed E-state index contributed by atoms with van der Waals surface area (Å²) in [6.45, 7) is 5.44. The Kier molecular flexibility index (Phi) is 5.19. The Labute approximate surface area is 147 Å². The summed E-state index contributed by atoms with van der Waals surface area (Å²) in [5.74, 6) is 1.36. The van der Waals surface area contributed by atoms with Gasteiger partial charge in [-0.3, -0.25) is 5.32 Å². The number of aromatic nitrogens is 1. The van der Waals surface area contributed by atoms with Gasteiger partial charge in [-0.1, -0.05) is 12.1 Å². The van der Waals surface area contributed by atoms with Crippen molar-refractivity contribution in [3.63, 3.8) is 0 Å². The van der Waals surface area contributed by atoms with Gasteiger partial charge in [0.05, 0.1) is 20.3 Å². The van der Waals surface area contributed by atoms with Gasteiger partial charge in [0.25, 0.3) is 0 Å². The van der Waals surface area contributed by atoms with Gasteiger partial charge in [0, 0.05) is 12.2 Å². The topological polar surface area (TPSA) is 63.7 Å². The van der Waals surface area contributed by atoms with Crippen LogP contribution in [0.4, 0.5) is 10.6 Å². The van der Waals surface area contributed by atoms with E-state index in [2.05, 4.69) is 10.3 Å². The summed E-state index contributed by atoms with van der Waals surface area (Å²) >= 11 is 0. The number of rotatable bonds is 3. The van der Waals surface area contributed by atoms with E-state index in [-0.39, 0.29) is 12.1 Å². The van der Waals surface area contributed by atoms with E-state index in [1.54, 1.807) is 12.0 Å². The van der Waals surface area contributed by atoms with Crippen molar-refractivity contribution in [2.24, 2.45) is 0 Å². The Morgan fingerprint density at radius 1 is 1.32 bits per heavy atom. The van der Waals surface area contributed by atoms with Crippen molar-refractivity contribution in [1.29, 1.82) is 0 Å². The number of hydrogen-bond donors (Lipinski definition) is 1. The normalized spacial score (nSPS) is 17.2. The highest BCUT2D eigenvalue weighted by molar-refractivity contribution is 5.88. The average molecular weight is 341 g/mol. The van der Waals surface area contributed by atoms with Gasteiger partial charge in [0.2, 0.25) is 0 Å². The van der Waals surface area contributed by atoms with Crippen molar-refractivity contribution in [2.75, 3.05) is 32.1 Å². The molecule has 0 radical (unpaired) electrons. The third-order valence-electron chi connectivity index (χ3n) is 4.15. The van der Waals surface area contributed by atoms with Crippen molar-refractivity contribution in [2.45, 2.75) is 20.0 Å². The second-order valence-electron chi connectivity index (χ2n) is 6.18. The largest absolute Gasteiger partial charge is 0.497 e. The minimum Gasteiger partial charge on any atom is -0.497 e. The quantitative estimate of drug-likeness (QED) is 0.930. The van der Waals surface area contributed by atoms with Gasteiger partial charge in [0.1, 0.15) is 17.7 Å². The summed E-state index contributed by atoms with van der Waals surface area (Å²) in [5.41, 5.74) is 2.95. The maximum atomic E-state index is 12.6. The monoisotopic (exact) mass is 341 g/mol. The Morgan fingerprint density at radius 3 is 2.92 bits per heavy atom. The van der Waals surface area contributed by atoms with Crippen LogP contribution in [0.15, 0.2) is 36.4 Å². The van der Waals surface area contributed by atoms with Crippen LogP contribution in [-0.2, 0) is 4.74 Å². The Hall–Kier alpha value is -2.60. The lowest BCUT2D eigenvalue weighted by Gasteiger charge is -2.33. The van der Waals surface area contributed by atoms with Crippen LogP contribution in [-0.4, -0.2) is 42.7 Å². The Bertz CT molecular complexity index is 743. The summed E-state index contributed by atoms with van der Waals surface area (Å²) in [6.07, 6.45) is -0.165. The lowest BCUT2D eigenvalue weighted by atomic mass is 10.1. The molecule has 3 rings (SSSR count). The molecule has 0 spiro atoms. The number of benzene rings is 1. The van der Waals surface area contributed by atoms with Crippen LogP contribution in [0.3, 0.4) is 0 Å². The van der Waals surface area contributed by atoms with E-state index in [1.165, 1.54) is 0 Å². The number of methoxy groups -OCH3 is 1. The van der Waals surface area contributed by atoms with Crippen molar-refractivity contribution in [3.8, 4) is 5.75 Å². The summed E-state index contributed by atoms with van der Waals surface area (Å²) in [7, 11) is 1.64. The molecule has 0 aliphatic carbocycles. The number of carbonyl (C=O) groups excluding carboxylic acids is 1. The molecule has 1 atom stereocenters. The third kappa shape index (κ3) is 4.28. The molecule has 2 aromatic rings. The molecule has 25 heavy (non-hydrogen) atoms. The molecule has 1 fully saturated rings. The van der Waals surface area contributed by atoms with Gasteiger partial charge in [-0.15, -0.1) is 0 Å². The number of carbonyl (C=O) groups is 1. The molecular weight excluding hydrogens is 318 g/mol. The molecule has 1 aromatic heterocycles. The zero-order valence-electron chi connectivity index (χ0n) is 14.8. The fraction of sp³-hybridized carbons (Fsp3) is 0.368. The van der Waals surface area contributed by atoms with Crippen LogP contribution in [0.5, 0.6) is 5.75 Å². The highest BCUT2D eigenvalue weighted by atomic mass is 16.5. The van der Waals surface area contributed by atoms with Crippen LogP contribution in [0, 0.1) is 13.8 Å². The van der Waals surface area contributed by atoms with Crippen LogP contribution < -0.4 is 10.1 Å². The van der Waals surface area contributed by atoms with Crippen molar-refractivity contribution in [3.05, 3.63) is 53.2 Å². The lowest BCUT2D eigenvalue weighted by Crippen LogP contribution is -2.44. The molecule has 1 aliphatic rings. The fourth-order valence-electron chi connectivity index (χ4n) is 2.97. The number of ether oxygens (including phenoxy) is 2. The van der Waals surface area contributed by atoms with E-state index >= 15 is 0 Å². The predicted molar refractivity (Wildman–Crippen MR) is 96.0 cm³/mol. The van der Waals surface area contributed by atoms with E-state index in [1.807, 2.05) is 50.2 Å². The lowest BCUT2D eigenvalue weighted by molar-refractivity contribution is -0.0135. The number of amides is 2. The van der Waals surface area contributed by atoms with E-state index in [9.17, 15) is 4.79 Å². The fourth-order valence-corrected chi connectivity index (χ4v) is 2.97. The first kappa shape index (κ1) is 17.2. The van der Waals surface area contributed by atoms with E-state index in [0.29, 0.717) is 25.5 Å². The zero-order valence-corrected chi connectivity index (χ0v) is 14.8. The van der Waals surface area contributed by atoms with Crippen molar-refractivity contribution >= 4 is 11.8 Å². The predicted octanol–water partition coefficient (Wildman–Crippen LogP) is 3.31. The molecule has 2 amide bonds. The zero-order chi connectivity index (χ0) is 17.8. The number of aryl methyl sites for hydroxylation is 2. The molecule has 132 valence electrons. The highest BCUT2D eigenvalue weighted by Crippen LogP contribution is 2.25. The van der Waals surface area contributed by atoms with Gasteiger partial charge in [-0.2, -0.15) is 0 Å². The maximum Gasteiger partial charge on any atom is 0.323 e. The molecule has 1 aliphatic heterocycles. The van der Waals surface area contributed by atoms with Crippen LogP contribution in [0.2, 0.25) is 0 Å². The molecule has 0 unspecified atom stereocenters. The van der Waals surface area contributed by atoms with E-state index in [4.69, 9.17) is 9.47 Å². The van der Waals surface area contributed by atoms with Gasteiger partial charge in [0.15, 0.2) is 0 Å². The number of nitrogens with one attached hydrogen (secondary N) is 1. The third-order valence-corrected chi connectivity index (χ3v) is 4.15. The number of anilines is 1. The van der Waals surface area contributed by atoms with Gasteiger partial charge < -0.3 is 14.4 Å². The molecule has 1 aromatic carbocycles. The first-order chi connectivity index (χ1) is 12.0. The smallest absolute Gasteiger partial charge is 0.323 e. The number of nitrogens with zero attached hydrogens (tertiary/aromatic N) is 2. The summed E-state index contributed by atoms with van der Waals surface area (Å²) in [5, 5.41) is 2.88. The first-order valence-corrected chi connectivity index (χ1v) is 8.32. The number of urea groups is 1. The number of morpholine rings is 1. The summed E-state index contributed by atoms with van der Waals surface area (Å²) < 4.78 is 11.1. The highest BCUT2D eigenvalue weighted by Gasteiger charge is 2.26. The molecular formula is C19H23N3O3. The van der Waals surface area contributed by atoms with Crippen LogP contribution in [0.25, 0.3) is 0 Å².